The van der Waals surface area contributed by atoms with Gasteiger partial charge in [0.1, 0.15) is 13.2 Å². The Morgan fingerprint density at radius 3 is 2.36 bits per heavy atom. The maximum absolute atomic E-state index is 13.1. The van der Waals surface area contributed by atoms with Crippen LogP contribution >= 0.6 is 0 Å². The maximum Gasteiger partial charge on any atom is 0.339 e. The van der Waals surface area contributed by atoms with Crippen molar-refractivity contribution in [2.24, 2.45) is 0 Å². The van der Waals surface area contributed by atoms with E-state index in [-0.39, 0.29) is 39.5 Å². The zero-order valence-corrected chi connectivity index (χ0v) is 19.5. The molecule has 0 saturated carbocycles. The van der Waals surface area contributed by atoms with Crippen molar-refractivity contribution >= 4 is 29.1 Å². The average molecular weight is 487 g/mol. The standard InChI is InChI=1S/C27H21NO8/c1-14(36-27(32)15-12-20(33-2)25-21(13-15)34-10-11-35-25)26(31)28-19-9-5-8-18-22(19)24(30)17-7-4-3-6-16(17)23(18)29/h3-9,12-14H,10-11H2,1-2H3,(H,28,31). The molecule has 9 heteroatoms. The number of fused-ring (bicyclic) bond motifs is 3. The van der Waals surface area contributed by atoms with E-state index in [1.54, 1.807) is 36.4 Å². The number of benzene rings is 3. The Hall–Kier alpha value is -4.66. The van der Waals surface area contributed by atoms with Crippen molar-refractivity contribution in [3.63, 3.8) is 0 Å². The first-order valence-electron chi connectivity index (χ1n) is 11.2. The highest BCUT2D eigenvalue weighted by atomic mass is 16.6. The number of methoxy groups -OCH3 is 1. The first-order chi connectivity index (χ1) is 17.4. The largest absolute Gasteiger partial charge is 0.493 e. The van der Waals surface area contributed by atoms with Gasteiger partial charge in [-0.15, -0.1) is 0 Å². The summed E-state index contributed by atoms with van der Waals surface area (Å²) >= 11 is 0. The second kappa shape index (κ2) is 9.18. The first kappa shape index (κ1) is 23.1. The van der Waals surface area contributed by atoms with Crippen LogP contribution in [0.4, 0.5) is 5.69 Å². The lowest BCUT2D eigenvalue weighted by atomic mass is 9.83. The minimum atomic E-state index is -1.21. The molecule has 0 fully saturated rings. The normalized spacial score (nSPS) is 14.3. The topological polar surface area (TPSA) is 117 Å². The summed E-state index contributed by atoms with van der Waals surface area (Å²) < 4.78 is 21.7. The number of amides is 1. The van der Waals surface area contributed by atoms with Gasteiger partial charge >= 0.3 is 5.97 Å². The third-order valence-electron chi connectivity index (χ3n) is 5.93. The Morgan fingerprint density at radius 2 is 1.61 bits per heavy atom. The molecule has 0 radical (unpaired) electrons. The fraction of sp³-hybridized carbons (Fsp3) is 0.185. The summed E-state index contributed by atoms with van der Waals surface area (Å²) in [5, 5.41) is 2.62. The van der Waals surface area contributed by atoms with E-state index in [2.05, 4.69) is 5.32 Å². The molecule has 0 bridgehead atoms. The molecule has 9 nitrogen and oxygen atoms in total. The van der Waals surface area contributed by atoms with Crippen LogP contribution in [0.2, 0.25) is 0 Å². The van der Waals surface area contributed by atoms with Crippen molar-refractivity contribution in [2.75, 3.05) is 25.6 Å². The Bertz CT molecular complexity index is 1410. The summed E-state index contributed by atoms with van der Waals surface area (Å²) in [6.45, 7) is 2.08. The molecule has 2 aliphatic rings. The Kier molecular flexibility index (Phi) is 5.89. The highest BCUT2D eigenvalue weighted by Crippen LogP contribution is 2.40. The highest BCUT2D eigenvalue weighted by molar-refractivity contribution is 6.30. The average Bonchev–Trinajstić information content (AvgIpc) is 2.90. The Labute approximate surface area is 205 Å². The third-order valence-corrected chi connectivity index (χ3v) is 5.93. The molecule has 1 aliphatic heterocycles. The Balaban J connectivity index is 1.35. The van der Waals surface area contributed by atoms with E-state index in [9.17, 15) is 19.2 Å². The van der Waals surface area contributed by atoms with Crippen LogP contribution in [0.3, 0.4) is 0 Å². The number of nitrogens with one attached hydrogen (secondary N) is 1. The van der Waals surface area contributed by atoms with Crippen LogP contribution < -0.4 is 19.5 Å². The number of esters is 1. The van der Waals surface area contributed by atoms with Gasteiger partial charge in [-0.3, -0.25) is 14.4 Å². The van der Waals surface area contributed by atoms with Gasteiger partial charge in [-0.1, -0.05) is 36.4 Å². The molecule has 1 amide bonds. The summed E-state index contributed by atoms with van der Waals surface area (Å²) in [4.78, 5) is 51.7. The molecule has 3 aromatic carbocycles. The van der Waals surface area contributed by atoms with Crippen molar-refractivity contribution in [1.82, 2.24) is 0 Å². The second-order valence-corrected chi connectivity index (χ2v) is 8.17. The van der Waals surface area contributed by atoms with Crippen LogP contribution in [0.5, 0.6) is 17.2 Å². The van der Waals surface area contributed by atoms with E-state index in [1.165, 1.54) is 32.2 Å². The molecule has 0 spiro atoms. The first-order valence-corrected chi connectivity index (χ1v) is 11.2. The van der Waals surface area contributed by atoms with Gasteiger partial charge in [0.2, 0.25) is 5.75 Å². The van der Waals surface area contributed by atoms with E-state index >= 15 is 0 Å². The molecule has 0 saturated heterocycles. The van der Waals surface area contributed by atoms with Crippen molar-refractivity contribution in [1.29, 1.82) is 0 Å². The SMILES string of the molecule is COc1cc(C(=O)OC(C)C(=O)Nc2cccc3c2C(=O)c2ccccc2C3=O)cc2c1OCCO2. The van der Waals surface area contributed by atoms with Gasteiger partial charge in [0.15, 0.2) is 29.2 Å². The highest BCUT2D eigenvalue weighted by Gasteiger charge is 2.32. The summed E-state index contributed by atoms with van der Waals surface area (Å²) in [5.41, 5.74) is 1.16. The van der Waals surface area contributed by atoms with Crippen LogP contribution in [0.15, 0.2) is 54.6 Å². The monoisotopic (exact) mass is 487 g/mol. The molecule has 1 atom stereocenters. The van der Waals surface area contributed by atoms with Crippen LogP contribution in [0.25, 0.3) is 0 Å². The van der Waals surface area contributed by atoms with Crippen LogP contribution in [0, 0.1) is 0 Å². The molecule has 1 heterocycles. The number of rotatable bonds is 5. The van der Waals surface area contributed by atoms with Gasteiger partial charge in [-0.25, -0.2) is 4.79 Å². The van der Waals surface area contributed by atoms with Gasteiger partial charge in [-0.05, 0) is 25.1 Å². The van der Waals surface area contributed by atoms with Gasteiger partial charge < -0.3 is 24.3 Å². The lowest BCUT2D eigenvalue weighted by Crippen LogP contribution is -2.31. The van der Waals surface area contributed by atoms with E-state index in [1.807, 2.05) is 0 Å². The fourth-order valence-electron chi connectivity index (χ4n) is 4.16. The van der Waals surface area contributed by atoms with Crippen molar-refractivity contribution in [2.45, 2.75) is 13.0 Å². The quantitative estimate of drug-likeness (QED) is 0.426. The zero-order valence-electron chi connectivity index (χ0n) is 19.5. The third kappa shape index (κ3) is 3.94. The summed E-state index contributed by atoms with van der Waals surface area (Å²) in [5.74, 6) is -1.09. The van der Waals surface area contributed by atoms with E-state index in [0.717, 1.165) is 0 Å². The molecular weight excluding hydrogens is 466 g/mol. The molecule has 5 rings (SSSR count). The molecule has 1 N–H and O–H groups in total. The number of ether oxygens (including phenoxy) is 4. The second-order valence-electron chi connectivity index (χ2n) is 8.17. The smallest absolute Gasteiger partial charge is 0.339 e. The molecule has 36 heavy (non-hydrogen) atoms. The summed E-state index contributed by atoms with van der Waals surface area (Å²) in [7, 11) is 1.43. The van der Waals surface area contributed by atoms with E-state index in [0.29, 0.717) is 36.0 Å². The molecule has 0 aromatic heterocycles. The number of anilines is 1. The number of hydrogen-bond acceptors (Lipinski definition) is 8. The van der Waals surface area contributed by atoms with Gasteiger partial charge in [0.05, 0.1) is 23.9 Å². The van der Waals surface area contributed by atoms with Crippen LogP contribution in [-0.2, 0) is 9.53 Å². The number of hydrogen-bond donors (Lipinski definition) is 1. The number of carbonyl (C=O) groups is 4. The van der Waals surface area contributed by atoms with E-state index < -0.39 is 18.0 Å². The van der Waals surface area contributed by atoms with Crippen LogP contribution in [-0.4, -0.2) is 49.9 Å². The maximum atomic E-state index is 13.1. The molecule has 1 unspecified atom stereocenters. The van der Waals surface area contributed by atoms with Gasteiger partial charge in [0.25, 0.3) is 5.91 Å². The van der Waals surface area contributed by atoms with Crippen LogP contribution in [0.1, 0.15) is 49.1 Å². The molecule has 3 aromatic rings. The predicted octanol–water partition coefficient (Wildman–Crippen LogP) is 3.43. The van der Waals surface area contributed by atoms with E-state index in [4.69, 9.17) is 18.9 Å². The summed E-state index contributed by atoms with van der Waals surface area (Å²) in [6.07, 6.45) is -1.21. The number of ketones is 2. The Morgan fingerprint density at radius 1 is 0.917 bits per heavy atom. The van der Waals surface area contributed by atoms with Crippen molar-refractivity contribution in [3.05, 3.63) is 82.4 Å². The fourth-order valence-corrected chi connectivity index (χ4v) is 4.16. The van der Waals surface area contributed by atoms with Gasteiger partial charge in [0, 0.05) is 16.7 Å². The lowest BCUT2D eigenvalue weighted by molar-refractivity contribution is -0.123. The summed E-state index contributed by atoms with van der Waals surface area (Å²) in [6, 6.07) is 14.1. The minimum absolute atomic E-state index is 0.102. The number of carbonyl (C=O) groups excluding carboxylic acids is 4. The predicted molar refractivity (Wildman–Crippen MR) is 127 cm³/mol. The molecular formula is C27H21NO8. The molecule has 1 aliphatic carbocycles. The van der Waals surface area contributed by atoms with Crippen molar-refractivity contribution in [3.8, 4) is 17.2 Å². The van der Waals surface area contributed by atoms with Gasteiger partial charge in [-0.2, -0.15) is 0 Å². The lowest BCUT2D eigenvalue weighted by Gasteiger charge is -2.22. The minimum Gasteiger partial charge on any atom is -0.493 e. The zero-order chi connectivity index (χ0) is 25.4. The molecule has 182 valence electrons. The van der Waals surface area contributed by atoms with Crippen molar-refractivity contribution < 1.29 is 38.1 Å².